The van der Waals surface area contributed by atoms with Crippen molar-refractivity contribution in [3.05, 3.63) is 65.7 Å². The van der Waals surface area contributed by atoms with Gasteiger partial charge in [-0.05, 0) is 36.6 Å². The van der Waals surface area contributed by atoms with Crippen LogP contribution in [0.5, 0.6) is 5.75 Å². The number of nitrogens with zero attached hydrogens (tertiary/aromatic N) is 1. The lowest BCUT2D eigenvalue weighted by molar-refractivity contribution is 0.183. The first-order valence-electron chi connectivity index (χ1n) is 9.08. The van der Waals surface area contributed by atoms with Gasteiger partial charge in [0, 0.05) is 19.5 Å². The minimum Gasteiger partial charge on any atom is -0.497 e. The van der Waals surface area contributed by atoms with Crippen LogP contribution in [-0.4, -0.2) is 43.9 Å². The Morgan fingerprint density at radius 2 is 1.77 bits per heavy atom. The van der Waals surface area contributed by atoms with Crippen LogP contribution in [0.1, 0.15) is 18.1 Å². The Labute approximate surface area is 156 Å². The van der Waals surface area contributed by atoms with Gasteiger partial charge in [-0.25, -0.2) is 0 Å². The minimum atomic E-state index is -0.491. The second kappa shape index (κ2) is 11.2. The average molecular weight is 355 g/mol. The molecule has 0 aromatic heterocycles. The van der Waals surface area contributed by atoms with E-state index < -0.39 is 6.10 Å². The highest BCUT2D eigenvalue weighted by molar-refractivity contribution is 5.79. The SMILES string of the molecule is CCNC(=NCC(O)Cc1ccccc1)NCCc1ccc(OC)cc1. The van der Waals surface area contributed by atoms with Crippen LogP contribution in [0.15, 0.2) is 59.6 Å². The van der Waals surface area contributed by atoms with Gasteiger partial charge in [0.05, 0.1) is 19.8 Å². The van der Waals surface area contributed by atoms with Gasteiger partial charge in [0.15, 0.2) is 5.96 Å². The summed E-state index contributed by atoms with van der Waals surface area (Å²) in [6, 6.07) is 18.0. The number of ether oxygens (including phenoxy) is 1. The van der Waals surface area contributed by atoms with Gasteiger partial charge < -0.3 is 20.5 Å². The number of aliphatic imine (C=N–C) groups is 1. The van der Waals surface area contributed by atoms with Crippen molar-refractivity contribution in [1.82, 2.24) is 10.6 Å². The predicted molar refractivity (Wildman–Crippen MR) is 107 cm³/mol. The molecular weight excluding hydrogens is 326 g/mol. The van der Waals surface area contributed by atoms with E-state index in [0.717, 1.165) is 36.8 Å². The fourth-order valence-electron chi connectivity index (χ4n) is 2.61. The molecule has 2 rings (SSSR count). The summed E-state index contributed by atoms with van der Waals surface area (Å²) < 4.78 is 5.17. The van der Waals surface area contributed by atoms with E-state index in [9.17, 15) is 5.11 Å². The normalized spacial score (nSPS) is 12.5. The van der Waals surface area contributed by atoms with E-state index in [0.29, 0.717) is 13.0 Å². The largest absolute Gasteiger partial charge is 0.497 e. The van der Waals surface area contributed by atoms with Crippen molar-refractivity contribution in [2.75, 3.05) is 26.7 Å². The molecule has 0 bridgehead atoms. The molecule has 0 amide bonds. The number of benzene rings is 2. The van der Waals surface area contributed by atoms with Crippen molar-refractivity contribution >= 4 is 5.96 Å². The first-order valence-corrected chi connectivity index (χ1v) is 9.08. The molecule has 26 heavy (non-hydrogen) atoms. The third kappa shape index (κ3) is 7.15. The van der Waals surface area contributed by atoms with E-state index in [4.69, 9.17) is 4.74 Å². The van der Waals surface area contributed by atoms with Crippen molar-refractivity contribution in [2.24, 2.45) is 4.99 Å². The van der Waals surface area contributed by atoms with E-state index in [1.807, 2.05) is 49.4 Å². The number of nitrogens with one attached hydrogen (secondary N) is 2. The van der Waals surface area contributed by atoms with E-state index in [1.165, 1.54) is 5.56 Å². The average Bonchev–Trinajstić information content (AvgIpc) is 2.67. The third-order valence-corrected chi connectivity index (χ3v) is 3.98. The first kappa shape index (κ1) is 19.8. The highest BCUT2D eigenvalue weighted by Gasteiger charge is 2.06. The molecule has 5 heteroatoms. The Balaban J connectivity index is 1.79. The molecule has 0 aliphatic heterocycles. The molecule has 0 aliphatic rings. The highest BCUT2D eigenvalue weighted by Crippen LogP contribution is 2.11. The molecule has 2 aromatic rings. The predicted octanol–water partition coefficient (Wildman–Crippen LogP) is 2.40. The van der Waals surface area contributed by atoms with Crippen molar-refractivity contribution < 1.29 is 9.84 Å². The van der Waals surface area contributed by atoms with Crippen LogP contribution in [-0.2, 0) is 12.8 Å². The second-order valence-electron chi connectivity index (χ2n) is 6.09. The van der Waals surface area contributed by atoms with Gasteiger partial charge in [-0.15, -0.1) is 0 Å². The zero-order chi connectivity index (χ0) is 18.6. The minimum absolute atomic E-state index is 0.368. The standard InChI is InChI=1S/C21H29N3O2/c1-3-22-21(23-14-13-17-9-11-20(26-2)12-10-17)24-16-19(25)15-18-7-5-4-6-8-18/h4-12,19,25H,3,13-16H2,1-2H3,(H2,22,23,24). The van der Waals surface area contributed by atoms with Gasteiger partial charge in [0.1, 0.15) is 5.75 Å². The van der Waals surface area contributed by atoms with Gasteiger partial charge in [-0.2, -0.15) is 0 Å². The van der Waals surface area contributed by atoms with Crippen LogP contribution in [0.3, 0.4) is 0 Å². The molecule has 1 atom stereocenters. The molecular formula is C21H29N3O2. The Bertz CT molecular complexity index is 657. The van der Waals surface area contributed by atoms with Crippen LogP contribution >= 0.6 is 0 Å². The van der Waals surface area contributed by atoms with Crippen molar-refractivity contribution in [1.29, 1.82) is 0 Å². The molecule has 0 saturated heterocycles. The number of hydrogen-bond acceptors (Lipinski definition) is 3. The smallest absolute Gasteiger partial charge is 0.191 e. The molecule has 1 unspecified atom stereocenters. The van der Waals surface area contributed by atoms with E-state index in [1.54, 1.807) is 7.11 Å². The molecule has 0 radical (unpaired) electrons. The summed E-state index contributed by atoms with van der Waals surface area (Å²) in [5.74, 6) is 1.59. The topological polar surface area (TPSA) is 65.9 Å². The second-order valence-corrected chi connectivity index (χ2v) is 6.09. The molecule has 0 heterocycles. The van der Waals surface area contributed by atoms with Crippen LogP contribution < -0.4 is 15.4 Å². The van der Waals surface area contributed by atoms with Gasteiger partial charge in [-0.3, -0.25) is 4.99 Å². The summed E-state index contributed by atoms with van der Waals surface area (Å²) in [7, 11) is 1.67. The highest BCUT2D eigenvalue weighted by atomic mass is 16.5. The van der Waals surface area contributed by atoms with Gasteiger partial charge in [-0.1, -0.05) is 42.5 Å². The molecule has 0 spiro atoms. The molecule has 3 N–H and O–H groups in total. The molecule has 2 aromatic carbocycles. The lowest BCUT2D eigenvalue weighted by Gasteiger charge is -2.13. The zero-order valence-corrected chi connectivity index (χ0v) is 15.6. The summed E-state index contributed by atoms with van der Waals surface area (Å²) in [6.45, 7) is 3.95. The Hall–Kier alpha value is -2.53. The maximum Gasteiger partial charge on any atom is 0.191 e. The van der Waals surface area contributed by atoms with Crippen LogP contribution in [0, 0.1) is 0 Å². The number of hydrogen-bond donors (Lipinski definition) is 3. The molecule has 140 valence electrons. The van der Waals surface area contributed by atoms with Crippen molar-refractivity contribution in [2.45, 2.75) is 25.9 Å². The van der Waals surface area contributed by atoms with E-state index >= 15 is 0 Å². The number of guanidine groups is 1. The van der Waals surface area contributed by atoms with Crippen LogP contribution in [0.2, 0.25) is 0 Å². The van der Waals surface area contributed by atoms with Gasteiger partial charge >= 0.3 is 0 Å². The lowest BCUT2D eigenvalue weighted by atomic mass is 10.1. The molecule has 0 aliphatic carbocycles. The number of aliphatic hydroxyl groups is 1. The quantitative estimate of drug-likeness (QED) is 0.477. The van der Waals surface area contributed by atoms with Gasteiger partial charge in [0.25, 0.3) is 0 Å². The monoisotopic (exact) mass is 355 g/mol. The molecule has 0 saturated carbocycles. The summed E-state index contributed by atoms with van der Waals surface area (Å²) in [4.78, 5) is 4.49. The van der Waals surface area contributed by atoms with Crippen molar-refractivity contribution in [3.8, 4) is 5.75 Å². The van der Waals surface area contributed by atoms with E-state index in [-0.39, 0.29) is 0 Å². The van der Waals surface area contributed by atoms with Crippen LogP contribution in [0.25, 0.3) is 0 Å². The fourth-order valence-corrected chi connectivity index (χ4v) is 2.61. The Kier molecular flexibility index (Phi) is 8.49. The van der Waals surface area contributed by atoms with E-state index in [2.05, 4.69) is 27.8 Å². The summed E-state index contributed by atoms with van der Waals surface area (Å²) in [6.07, 6.45) is 1.01. The summed E-state index contributed by atoms with van der Waals surface area (Å²) in [5, 5.41) is 16.7. The Morgan fingerprint density at radius 3 is 2.42 bits per heavy atom. The molecule has 0 fully saturated rings. The van der Waals surface area contributed by atoms with Gasteiger partial charge in [0.2, 0.25) is 0 Å². The first-order chi connectivity index (χ1) is 12.7. The number of rotatable bonds is 9. The Morgan fingerprint density at radius 1 is 1.04 bits per heavy atom. The summed E-state index contributed by atoms with van der Waals surface area (Å²) in [5.41, 5.74) is 2.35. The van der Waals surface area contributed by atoms with Crippen molar-refractivity contribution in [3.63, 3.8) is 0 Å². The number of aliphatic hydroxyl groups excluding tert-OH is 1. The van der Waals surface area contributed by atoms with Crippen LogP contribution in [0.4, 0.5) is 0 Å². The number of methoxy groups -OCH3 is 1. The maximum atomic E-state index is 10.2. The maximum absolute atomic E-state index is 10.2. The third-order valence-electron chi connectivity index (χ3n) is 3.98. The molecule has 5 nitrogen and oxygen atoms in total. The lowest BCUT2D eigenvalue weighted by Crippen LogP contribution is -2.39. The zero-order valence-electron chi connectivity index (χ0n) is 15.6. The fraction of sp³-hybridized carbons (Fsp3) is 0.381. The summed E-state index contributed by atoms with van der Waals surface area (Å²) >= 11 is 0.